The van der Waals surface area contributed by atoms with E-state index in [1.807, 2.05) is 0 Å². The van der Waals surface area contributed by atoms with E-state index in [2.05, 4.69) is 14.5 Å². The Morgan fingerprint density at radius 3 is 2.86 bits per heavy atom. The standard InChI is InChI=1S/C9H10FNO3/c1-3-14-9(12)6-4-7(10)8(13-2)11-5-6/h4-5H,3H2,1-2H3. The van der Waals surface area contributed by atoms with Gasteiger partial charge in [-0.3, -0.25) is 0 Å². The van der Waals surface area contributed by atoms with E-state index in [1.54, 1.807) is 6.92 Å². The summed E-state index contributed by atoms with van der Waals surface area (Å²) < 4.78 is 22.3. The molecule has 0 aliphatic heterocycles. The molecule has 1 aromatic rings. The fraction of sp³-hybridized carbons (Fsp3) is 0.333. The Balaban J connectivity index is 2.91. The minimum atomic E-state index is -0.682. The van der Waals surface area contributed by atoms with E-state index in [0.29, 0.717) is 0 Å². The number of aromatic nitrogens is 1. The van der Waals surface area contributed by atoms with Crippen molar-refractivity contribution in [2.24, 2.45) is 0 Å². The Kier molecular flexibility index (Phi) is 3.39. The minimum absolute atomic E-state index is 0.0742. The fourth-order valence-electron chi connectivity index (χ4n) is 0.902. The molecule has 14 heavy (non-hydrogen) atoms. The quantitative estimate of drug-likeness (QED) is 0.690. The molecule has 0 saturated carbocycles. The van der Waals surface area contributed by atoms with Crippen LogP contribution in [0.1, 0.15) is 17.3 Å². The average molecular weight is 199 g/mol. The maximum atomic E-state index is 13.1. The summed E-state index contributed by atoms with van der Waals surface area (Å²) in [6.07, 6.45) is 1.21. The third-order valence-corrected chi connectivity index (χ3v) is 1.51. The van der Waals surface area contributed by atoms with Gasteiger partial charge in [0.05, 0.1) is 19.3 Å². The number of nitrogens with zero attached hydrogens (tertiary/aromatic N) is 1. The minimum Gasteiger partial charge on any atom is -0.479 e. The molecule has 0 aliphatic rings. The third kappa shape index (κ3) is 2.18. The fourth-order valence-corrected chi connectivity index (χ4v) is 0.902. The van der Waals surface area contributed by atoms with Crippen molar-refractivity contribution in [1.82, 2.24) is 4.98 Å². The van der Waals surface area contributed by atoms with E-state index in [4.69, 9.17) is 0 Å². The Morgan fingerprint density at radius 1 is 1.64 bits per heavy atom. The summed E-state index contributed by atoms with van der Waals surface area (Å²) in [5.74, 6) is -1.42. The highest BCUT2D eigenvalue weighted by atomic mass is 19.1. The molecular formula is C9H10FNO3. The van der Waals surface area contributed by atoms with Crippen LogP contribution in [0.15, 0.2) is 12.3 Å². The van der Waals surface area contributed by atoms with Gasteiger partial charge in [-0.05, 0) is 13.0 Å². The van der Waals surface area contributed by atoms with E-state index in [1.165, 1.54) is 13.3 Å². The van der Waals surface area contributed by atoms with Crippen LogP contribution in [0.25, 0.3) is 0 Å². The SMILES string of the molecule is CCOC(=O)c1cnc(OC)c(F)c1. The number of methoxy groups -OCH3 is 1. The molecule has 0 fully saturated rings. The van der Waals surface area contributed by atoms with Gasteiger partial charge in [-0.1, -0.05) is 0 Å². The van der Waals surface area contributed by atoms with Gasteiger partial charge in [-0.15, -0.1) is 0 Å². The largest absolute Gasteiger partial charge is 0.479 e. The summed E-state index contributed by atoms with van der Waals surface area (Å²) in [4.78, 5) is 14.7. The van der Waals surface area contributed by atoms with E-state index in [9.17, 15) is 9.18 Å². The summed E-state index contributed by atoms with van der Waals surface area (Å²) in [5, 5.41) is 0. The van der Waals surface area contributed by atoms with E-state index in [0.717, 1.165) is 6.07 Å². The normalized spacial score (nSPS) is 9.64. The number of halogens is 1. The number of ether oxygens (including phenoxy) is 2. The van der Waals surface area contributed by atoms with Gasteiger partial charge in [-0.25, -0.2) is 14.2 Å². The van der Waals surface area contributed by atoms with Gasteiger partial charge >= 0.3 is 5.97 Å². The van der Waals surface area contributed by atoms with Gasteiger partial charge in [0, 0.05) is 6.20 Å². The maximum Gasteiger partial charge on any atom is 0.339 e. The Morgan fingerprint density at radius 2 is 2.36 bits per heavy atom. The molecule has 0 unspecified atom stereocenters. The van der Waals surface area contributed by atoms with Crippen LogP contribution in [-0.4, -0.2) is 24.7 Å². The molecule has 1 aromatic heterocycles. The lowest BCUT2D eigenvalue weighted by molar-refractivity contribution is 0.0525. The molecule has 0 atom stereocenters. The summed E-state index contributed by atoms with van der Waals surface area (Å²) in [6, 6.07) is 1.03. The number of rotatable bonds is 3. The summed E-state index contributed by atoms with van der Waals surface area (Å²) in [7, 11) is 1.30. The zero-order valence-corrected chi connectivity index (χ0v) is 7.91. The third-order valence-electron chi connectivity index (χ3n) is 1.51. The van der Waals surface area contributed by atoms with Crippen molar-refractivity contribution in [3.63, 3.8) is 0 Å². The van der Waals surface area contributed by atoms with Crippen LogP contribution in [0.5, 0.6) is 5.88 Å². The molecule has 0 aliphatic carbocycles. The Hall–Kier alpha value is -1.65. The second kappa shape index (κ2) is 4.55. The molecular weight excluding hydrogens is 189 g/mol. The van der Waals surface area contributed by atoms with Crippen LogP contribution >= 0.6 is 0 Å². The molecule has 0 radical (unpaired) electrons. The number of hydrogen-bond donors (Lipinski definition) is 0. The number of hydrogen-bond acceptors (Lipinski definition) is 4. The molecule has 1 heterocycles. The molecule has 0 N–H and O–H groups in total. The molecule has 0 aromatic carbocycles. The molecule has 4 nitrogen and oxygen atoms in total. The van der Waals surface area contributed by atoms with E-state index >= 15 is 0 Å². The van der Waals surface area contributed by atoms with Gasteiger partial charge in [0.1, 0.15) is 0 Å². The van der Waals surface area contributed by atoms with Gasteiger partial charge in [0.25, 0.3) is 0 Å². The molecule has 5 heteroatoms. The first-order chi connectivity index (χ1) is 6.69. The molecule has 0 saturated heterocycles. The lowest BCUT2D eigenvalue weighted by Crippen LogP contribution is -2.06. The van der Waals surface area contributed by atoms with Crippen molar-refractivity contribution in [1.29, 1.82) is 0 Å². The summed E-state index contributed by atoms with van der Waals surface area (Å²) >= 11 is 0. The Bertz CT molecular complexity index is 341. The zero-order valence-electron chi connectivity index (χ0n) is 7.91. The van der Waals surface area contributed by atoms with Gasteiger partial charge in [0.15, 0.2) is 5.82 Å². The van der Waals surface area contributed by atoms with Crippen LogP contribution < -0.4 is 4.74 Å². The molecule has 76 valence electrons. The van der Waals surface area contributed by atoms with Crippen molar-refractivity contribution < 1.29 is 18.7 Å². The second-order valence-electron chi connectivity index (χ2n) is 2.44. The summed E-state index contributed by atoms with van der Waals surface area (Å²) in [5.41, 5.74) is 0.0742. The second-order valence-corrected chi connectivity index (χ2v) is 2.44. The highest BCUT2D eigenvalue weighted by molar-refractivity contribution is 5.89. The van der Waals surface area contributed by atoms with Crippen LogP contribution in [-0.2, 0) is 4.74 Å². The van der Waals surface area contributed by atoms with Gasteiger partial charge in [0.2, 0.25) is 5.88 Å². The average Bonchev–Trinajstić information content (AvgIpc) is 2.18. The monoisotopic (exact) mass is 199 g/mol. The maximum absolute atomic E-state index is 13.1. The number of pyridine rings is 1. The lowest BCUT2D eigenvalue weighted by Gasteiger charge is -2.03. The zero-order chi connectivity index (χ0) is 10.6. The molecule has 1 rings (SSSR count). The van der Waals surface area contributed by atoms with Crippen molar-refractivity contribution in [3.8, 4) is 5.88 Å². The molecule has 0 spiro atoms. The highest BCUT2D eigenvalue weighted by Gasteiger charge is 2.11. The predicted molar refractivity (Wildman–Crippen MR) is 46.7 cm³/mol. The van der Waals surface area contributed by atoms with Gasteiger partial charge < -0.3 is 9.47 Å². The van der Waals surface area contributed by atoms with Gasteiger partial charge in [-0.2, -0.15) is 0 Å². The van der Waals surface area contributed by atoms with Crippen LogP contribution in [0, 0.1) is 5.82 Å². The smallest absolute Gasteiger partial charge is 0.339 e. The first-order valence-electron chi connectivity index (χ1n) is 4.05. The molecule has 0 bridgehead atoms. The van der Waals surface area contributed by atoms with Crippen LogP contribution in [0.4, 0.5) is 4.39 Å². The number of carbonyl (C=O) groups excluding carboxylic acids is 1. The first-order valence-corrected chi connectivity index (χ1v) is 4.05. The van der Waals surface area contributed by atoms with Crippen molar-refractivity contribution in [2.45, 2.75) is 6.92 Å². The van der Waals surface area contributed by atoms with E-state index < -0.39 is 11.8 Å². The van der Waals surface area contributed by atoms with Crippen molar-refractivity contribution in [2.75, 3.05) is 13.7 Å². The predicted octanol–water partition coefficient (Wildman–Crippen LogP) is 1.41. The van der Waals surface area contributed by atoms with Crippen LogP contribution in [0.3, 0.4) is 0 Å². The highest BCUT2D eigenvalue weighted by Crippen LogP contribution is 2.14. The van der Waals surface area contributed by atoms with Crippen molar-refractivity contribution in [3.05, 3.63) is 23.6 Å². The number of carbonyl (C=O) groups is 1. The lowest BCUT2D eigenvalue weighted by atomic mass is 10.3. The topological polar surface area (TPSA) is 48.4 Å². The number of esters is 1. The summed E-state index contributed by atoms with van der Waals surface area (Å²) in [6.45, 7) is 1.91. The first kappa shape index (κ1) is 10.4. The van der Waals surface area contributed by atoms with Crippen LogP contribution in [0.2, 0.25) is 0 Å². The van der Waals surface area contributed by atoms with E-state index in [-0.39, 0.29) is 18.1 Å². The molecule has 0 amide bonds. The Labute approximate surface area is 80.7 Å². The van der Waals surface area contributed by atoms with Crippen molar-refractivity contribution >= 4 is 5.97 Å².